The van der Waals surface area contributed by atoms with Crippen LogP contribution in [0.4, 0.5) is 0 Å². The molecule has 0 saturated carbocycles. The molecule has 1 saturated heterocycles. The fourth-order valence-electron chi connectivity index (χ4n) is 4.05. The highest BCUT2D eigenvalue weighted by Gasteiger charge is 2.31. The van der Waals surface area contributed by atoms with Crippen LogP contribution in [0, 0.1) is 0 Å². The molecule has 1 aliphatic rings. The minimum atomic E-state index is 0.142. The van der Waals surface area contributed by atoms with Gasteiger partial charge in [0.1, 0.15) is 17.1 Å². The number of aryl methyl sites for hydroxylation is 1. The molecule has 1 aromatic carbocycles. The number of pyridine rings is 1. The number of fused-ring (bicyclic) bond motifs is 1. The average molecular weight is 378 g/mol. The molecule has 1 fully saturated rings. The first kappa shape index (κ1) is 18.5. The van der Waals surface area contributed by atoms with Crippen LogP contribution in [0.15, 0.2) is 42.6 Å². The summed E-state index contributed by atoms with van der Waals surface area (Å²) in [6.45, 7) is 4.53. The number of ether oxygens (including phenoxy) is 1. The van der Waals surface area contributed by atoms with Gasteiger partial charge < -0.3 is 14.2 Å². The lowest BCUT2D eigenvalue weighted by molar-refractivity contribution is -0.129. The van der Waals surface area contributed by atoms with Gasteiger partial charge in [0.15, 0.2) is 5.65 Å². The Morgan fingerprint density at radius 2 is 2.11 bits per heavy atom. The van der Waals surface area contributed by atoms with Gasteiger partial charge in [0.05, 0.1) is 13.5 Å². The van der Waals surface area contributed by atoms with Crippen LogP contribution in [0.2, 0.25) is 0 Å². The lowest BCUT2D eigenvalue weighted by atomic mass is 10.1. The molecule has 0 radical (unpaired) electrons. The number of amides is 1. The van der Waals surface area contributed by atoms with Gasteiger partial charge in [0.2, 0.25) is 5.91 Å². The summed E-state index contributed by atoms with van der Waals surface area (Å²) in [6.07, 6.45) is 4.14. The molecular weight excluding hydrogens is 352 g/mol. The third kappa shape index (κ3) is 3.46. The van der Waals surface area contributed by atoms with E-state index in [2.05, 4.69) is 16.5 Å². The van der Waals surface area contributed by atoms with Gasteiger partial charge in [-0.3, -0.25) is 4.79 Å². The molecule has 4 rings (SSSR count). The maximum absolute atomic E-state index is 12.9. The summed E-state index contributed by atoms with van der Waals surface area (Å²) >= 11 is 0. The Morgan fingerprint density at radius 1 is 1.25 bits per heavy atom. The Labute approximate surface area is 165 Å². The number of para-hydroxylation sites is 1. The monoisotopic (exact) mass is 378 g/mol. The second kappa shape index (κ2) is 8.00. The lowest BCUT2D eigenvalue weighted by Gasteiger charge is -2.18. The van der Waals surface area contributed by atoms with Crippen molar-refractivity contribution in [2.45, 2.75) is 38.6 Å². The van der Waals surface area contributed by atoms with Crippen LogP contribution in [0.5, 0.6) is 5.75 Å². The molecule has 0 unspecified atom stereocenters. The highest BCUT2D eigenvalue weighted by Crippen LogP contribution is 2.30. The molecule has 1 atom stereocenters. The number of aromatic nitrogens is 3. The van der Waals surface area contributed by atoms with Crippen molar-refractivity contribution >= 4 is 17.1 Å². The molecule has 0 bridgehead atoms. The largest absolute Gasteiger partial charge is 0.496 e. The summed E-state index contributed by atoms with van der Waals surface area (Å²) in [6, 6.07) is 11.7. The van der Waals surface area contributed by atoms with E-state index in [1.165, 1.54) is 0 Å². The van der Waals surface area contributed by atoms with E-state index < -0.39 is 0 Å². The Hall–Kier alpha value is -2.89. The van der Waals surface area contributed by atoms with Crippen molar-refractivity contribution < 1.29 is 9.53 Å². The number of hydrogen-bond acceptors (Lipinski definition) is 4. The van der Waals surface area contributed by atoms with Crippen molar-refractivity contribution in [3.05, 3.63) is 54.0 Å². The number of likely N-dealkylation sites (tertiary alicyclic amines) is 1. The molecular formula is C22H26N4O2. The predicted molar refractivity (Wildman–Crippen MR) is 108 cm³/mol. The van der Waals surface area contributed by atoms with Crippen LogP contribution in [0.3, 0.4) is 0 Å². The van der Waals surface area contributed by atoms with Crippen molar-refractivity contribution in [1.82, 2.24) is 19.4 Å². The third-order valence-corrected chi connectivity index (χ3v) is 5.42. The molecule has 0 spiro atoms. The molecule has 6 heteroatoms. The minimum absolute atomic E-state index is 0.142. The Kier molecular flexibility index (Phi) is 5.28. The van der Waals surface area contributed by atoms with Crippen molar-refractivity contribution in [1.29, 1.82) is 0 Å². The third-order valence-electron chi connectivity index (χ3n) is 5.42. The second-order valence-corrected chi connectivity index (χ2v) is 7.28. The summed E-state index contributed by atoms with van der Waals surface area (Å²) in [5.74, 6) is 2.22. The molecule has 6 nitrogen and oxygen atoms in total. The molecule has 0 aliphatic carbocycles. The van der Waals surface area contributed by atoms with Gasteiger partial charge in [-0.2, -0.15) is 0 Å². The SMILES string of the molecule is CCCn1c([C@@H]2CCN(C(=O)Cc3ccccc3OC)C2)nc2cccnc21. The van der Waals surface area contributed by atoms with Crippen molar-refractivity contribution in [3.8, 4) is 5.75 Å². The zero-order valence-electron chi connectivity index (χ0n) is 16.5. The minimum Gasteiger partial charge on any atom is -0.496 e. The van der Waals surface area contributed by atoms with E-state index in [9.17, 15) is 4.79 Å². The van der Waals surface area contributed by atoms with Gasteiger partial charge in [-0.25, -0.2) is 9.97 Å². The molecule has 0 N–H and O–H groups in total. The number of benzene rings is 1. The van der Waals surface area contributed by atoms with Crippen molar-refractivity contribution in [3.63, 3.8) is 0 Å². The van der Waals surface area contributed by atoms with E-state index in [1.54, 1.807) is 7.11 Å². The normalized spacial score (nSPS) is 16.6. The lowest BCUT2D eigenvalue weighted by Crippen LogP contribution is -2.30. The highest BCUT2D eigenvalue weighted by atomic mass is 16.5. The number of rotatable bonds is 6. The summed E-state index contributed by atoms with van der Waals surface area (Å²) in [4.78, 5) is 24.2. The number of carbonyl (C=O) groups excluding carboxylic acids is 1. The van der Waals surface area contributed by atoms with Gasteiger partial charge in [-0.15, -0.1) is 0 Å². The maximum Gasteiger partial charge on any atom is 0.227 e. The van der Waals surface area contributed by atoms with Crippen LogP contribution < -0.4 is 4.74 Å². The summed E-state index contributed by atoms with van der Waals surface area (Å²) in [7, 11) is 1.64. The van der Waals surface area contributed by atoms with Gasteiger partial charge in [0, 0.05) is 37.3 Å². The van der Waals surface area contributed by atoms with E-state index in [1.807, 2.05) is 47.5 Å². The molecule has 1 aliphatic heterocycles. The average Bonchev–Trinajstić information content (AvgIpc) is 3.34. The quantitative estimate of drug-likeness (QED) is 0.660. The van der Waals surface area contributed by atoms with Gasteiger partial charge in [-0.05, 0) is 31.0 Å². The zero-order valence-corrected chi connectivity index (χ0v) is 16.5. The van der Waals surface area contributed by atoms with E-state index >= 15 is 0 Å². The van der Waals surface area contributed by atoms with E-state index in [-0.39, 0.29) is 11.8 Å². The molecule has 28 heavy (non-hydrogen) atoms. The maximum atomic E-state index is 12.9. The van der Waals surface area contributed by atoms with Crippen LogP contribution in [0.25, 0.3) is 11.2 Å². The van der Waals surface area contributed by atoms with E-state index in [0.29, 0.717) is 13.0 Å². The molecule has 2 aromatic heterocycles. The number of carbonyl (C=O) groups is 1. The molecule has 3 heterocycles. The molecule has 3 aromatic rings. The topological polar surface area (TPSA) is 60.2 Å². The Balaban J connectivity index is 1.52. The van der Waals surface area contributed by atoms with Crippen LogP contribution in [-0.2, 0) is 17.8 Å². The number of methoxy groups -OCH3 is 1. The van der Waals surface area contributed by atoms with Gasteiger partial charge >= 0.3 is 0 Å². The number of nitrogens with zero attached hydrogens (tertiary/aromatic N) is 4. The first-order valence-electron chi connectivity index (χ1n) is 9.92. The van der Waals surface area contributed by atoms with Crippen LogP contribution >= 0.6 is 0 Å². The van der Waals surface area contributed by atoms with Gasteiger partial charge in [0.25, 0.3) is 0 Å². The standard InChI is InChI=1S/C22H26N4O2/c1-3-12-26-21(24-18-8-6-11-23-22(18)26)17-10-13-25(15-17)20(27)14-16-7-4-5-9-19(16)28-2/h4-9,11,17H,3,10,12-15H2,1-2H3/t17-/m1/s1. The second-order valence-electron chi connectivity index (χ2n) is 7.28. The molecule has 1 amide bonds. The fourth-order valence-corrected chi connectivity index (χ4v) is 4.05. The Bertz CT molecular complexity index is 982. The van der Waals surface area contributed by atoms with Crippen LogP contribution in [-0.4, -0.2) is 45.5 Å². The first-order valence-corrected chi connectivity index (χ1v) is 9.92. The summed E-state index contributed by atoms with van der Waals surface area (Å²) in [5.41, 5.74) is 2.81. The molecule has 146 valence electrons. The van der Waals surface area contributed by atoms with E-state index in [4.69, 9.17) is 9.72 Å². The van der Waals surface area contributed by atoms with Crippen molar-refractivity contribution in [2.75, 3.05) is 20.2 Å². The summed E-state index contributed by atoms with van der Waals surface area (Å²) < 4.78 is 7.61. The van der Waals surface area contributed by atoms with E-state index in [0.717, 1.165) is 54.2 Å². The number of imidazole rings is 1. The number of hydrogen-bond donors (Lipinski definition) is 0. The first-order chi connectivity index (χ1) is 13.7. The smallest absolute Gasteiger partial charge is 0.227 e. The van der Waals surface area contributed by atoms with Gasteiger partial charge in [-0.1, -0.05) is 25.1 Å². The Morgan fingerprint density at radius 3 is 2.93 bits per heavy atom. The highest BCUT2D eigenvalue weighted by molar-refractivity contribution is 5.80. The van der Waals surface area contributed by atoms with Crippen molar-refractivity contribution in [2.24, 2.45) is 0 Å². The summed E-state index contributed by atoms with van der Waals surface area (Å²) in [5, 5.41) is 0. The predicted octanol–water partition coefficient (Wildman–Crippen LogP) is 3.41. The fraction of sp³-hybridized carbons (Fsp3) is 0.409. The zero-order chi connectivity index (χ0) is 19.5. The van der Waals surface area contributed by atoms with Crippen LogP contribution in [0.1, 0.15) is 37.1 Å².